The molecule has 0 unspecified atom stereocenters. The lowest BCUT2D eigenvalue weighted by Gasteiger charge is -2.10. The minimum Gasteiger partial charge on any atom is -0.507 e. The summed E-state index contributed by atoms with van der Waals surface area (Å²) in [5.74, 6) is -1.33. The molecule has 2 amide bonds. The lowest BCUT2D eigenvalue weighted by Crippen LogP contribution is -2.13. The van der Waals surface area contributed by atoms with Crippen molar-refractivity contribution in [3.8, 4) is 16.9 Å². The predicted octanol–water partition coefficient (Wildman–Crippen LogP) is 4.41. The Morgan fingerprint density at radius 3 is 2.30 bits per heavy atom. The molecule has 3 N–H and O–H groups in total. The Balaban J connectivity index is 1.87. The Hall–Kier alpha value is -3.67. The molecule has 3 aromatic rings. The van der Waals surface area contributed by atoms with Gasteiger partial charge in [0.1, 0.15) is 11.6 Å². The van der Waals surface area contributed by atoms with Crippen LogP contribution < -0.4 is 10.6 Å². The van der Waals surface area contributed by atoms with Gasteiger partial charge in [0.15, 0.2) is 0 Å². The molecule has 136 valence electrons. The summed E-state index contributed by atoms with van der Waals surface area (Å²) in [7, 11) is 0. The quantitative estimate of drug-likeness (QED) is 0.642. The molecular weight excluding hydrogens is 347 g/mol. The van der Waals surface area contributed by atoms with Gasteiger partial charge >= 0.3 is 0 Å². The molecule has 3 rings (SSSR count). The average Bonchev–Trinajstić information content (AvgIpc) is 2.61. The third-order valence-corrected chi connectivity index (χ3v) is 3.82. The summed E-state index contributed by atoms with van der Waals surface area (Å²) in [6.45, 7) is 1.39. The van der Waals surface area contributed by atoms with Crippen molar-refractivity contribution in [3.05, 3.63) is 78.1 Å². The fraction of sp³-hybridized carbons (Fsp3) is 0.0476. The smallest absolute Gasteiger partial charge is 0.255 e. The van der Waals surface area contributed by atoms with Gasteiger partial charge in [-0.1, -0.05) is 24.3 Å². The molecule has 0 aromatic heterocycles. The van der Waals surface area contributed by atoms with E-state index < -0.39 is 11.7 Å². The molecule has 0 fully saturated rings. The molecule has 0 saturated carbocycles. The molecule has 0 heterocycles. The van der Waals surface area contributed by atoms with E-state index in [4.69, 9.17) is 0 Å². The standard InChI is InChI=1S/C21H17FN2O3/c1-13(25)23-17-5-4-6-18(12-17)24-21(27)15-9-14(10-16(22)11-15)19-7-2-3-8-20(19)26/h2-12,26H,1H3,(H,23,25)(H,24,27). The number of phenols is 1. The monoisotopic (exact) mass is 364 g/mol. The number of phenolic OH excluding ortho intramolecular Hbond substituents is 1. The van der Waals surface area contributed by atoms with Gasteiger partial charge in [-0.15, -0.1) is 0 Å². The minimum atomic E-state index is -0.590. The Bertz CT molecular complexity index is 1020. The molecule has 0 saturated heterocycles. The third kappa shape index (κ3) is 4.49. The van der Waals surface area contributed by atoms with Crippen molar-refractivity contribution < 1.29 is 19.1 Å². The van der Waals surface area contributed by atoms with Crippen LogP contribution in [0.3, 0.4) is 0 Å². The van der Waals surface area contributed by atoms with E-state index in [1.54, 1.807) is 42.5 Å². The van der Waals surface area contributed by atoms with Crippen molar-refractivity contribution in [1.82, 2.24) is 0 Å². The summed E-state index contributed by atoms with van der Waals surface area (Å²) < 4.78 is 14.0. The summed E-state index contributed by atoms with van der Waals surface area (Å²) >= 11 is 0. The van der Waals surface area contributed by atoms with Gasteiger partial charge < -0.3 is 15.7 Å². The van der Waals surface area contributed by atoms with Crippen LogP contribution in [0.4, 0.5) is 15.8 Å². The highest BCUT2D eigenvalue weighted by Crippen LogP contribution is 2.30. The van der Waals surface area contributed by atoms with E-state index in [0.717, 1.165) is 6.07 Å². The maximum absolute atomic E-state index is 14.0. The summed E-state index contributed by atoms with van der Waals surface area (Å²) in [6, 6.07) is 17.0. The van der Waals surface area contributed by atoms with E-state index >= 15 is 0 Å². The van der Waals surface area contributed by atoms with Crippen LogP contribution in [-0.2, 0) is 4.79 Å². The second-order valence-corrected chi connectivity index (χ2v) is 5.96. The van der Waals surface area contributed by atoms with Crippen LogP contribution in [-0.4, -0.2) is 16.9 Å². The predicted molar refractivity (Wildman–Crippen MR) is 102 cm³/mol. The number of aromatic hydroxyl groups is 1. The SMILES string of the molecule is CC(=O)Nc1cccc(NC(=O)c2cc(F)cc(-c3ccccc3O)c2)c1. The number of amides is 2. The molecule has 5 nitrogen and oxygen atoms in total. The van der Waals surface area contributed by atoms with Crippen LogP contribution in [0.2, 0.25) is 0 Å². The van der Waals surface area contributed by atoms with Gasteiger partial charge in [0, 0.05) is 29.4 Å². The number of rotatable bonds is 4. The number of carbonyl (C=O) groups is 2. The summed E-state index contributed by atoms with van der Waals surface area (Å²) in [5, 5.41) is 15.3. The van der Waals surface area contributed by atoms with Crippen molar-refractivity contribution in [2.24, 2.45) is 0 Å². The van der Waals surface area contributed by atoms with Crippen LogP contribution in [0.25, 0.3) is 11.1 Å². The first-order valence-electron chi connectivity index (χ1n) is 8.20. The number of halogens is 1. The topological polar surface area (TPSA) is 78.4 Å². The van der Waals surface area contributed by atoms with Crippen LogP contribution in [0.5, 0.6) is 5.75 Å². The van der Waals surface area contributed by atoms with Crippen molar-refractivity contribution in [1.29, 1.82) is 0 Å². The van der Waals surface area contributed by atoms with Crippen LogP contribution in [0.1, 0.15) is 17.3 Å². The Kier molecular flexibility index (Phi) is 5.17. The Labute approximate surface area is 155 Å². The zero-order valence-electron chi connectivity index (χ0n) is 14.5. The van der Waals surface area contributed by atoms with Crippen LogP contribution >= 0.6 is 0 Å². The molecule has 27 heavy (non-hydrogen) atoms. The number of hydrogen-bond donors (Lipinski definition) is 3. The molecule has 0 aliphatic rings. The summed E-state index contributed by atoms with van der Waals surface area (Å²) in [6.07, 6.45) is 0. The number of carbonyl (C=O) groups excluding carboxylic acids is 2. The molecule has 0 aliphatic heterocycles. The summed E-state index contributed by atoms with van der Waals surface area (Å²) in [5.41, 5.74) is 1.93. The largest absolute Gasteiger partial charge is 0.507 e. The lowest BCUT2D eigenvalue weighted by atomic mass is 10.0. The number of benzene rings is 3. The van der Waals surface area contributed by atoms with Crippen molar-refractivity contribution >= 4 is 23.2 Å². The highest BCUT2D eigenvalue weighted by atomic mass is 19.1. The van der Waals surface area contributed by atoms with E-state index in [-0.39, 0.29) is 17.2 Å². The highest BCUT2D eigenvalue weighted by molar-refractivity contribution is 6.05. The van der Waals surface area contributed by atoms with Crippen LogP contribution in [0.15, 0.2) is 66.7 Å². The number of anilines is 2. The Morgan fingerprint density at radius 1 is 0.889 bits per heavy atom. The first-order chi connectivity index (χ1) is 12.9. The fourth-order valence-electron chi connectivity index (χ4n) is 2.68. The molecule has 3 aromatic carbocycles. The van der Waals surface area contributed by atoms with Gasteiger partial charge in [-0.2, -0.15) is 0 Å². The zero-order valence-corrected chi connectivity index (χ0v) is 14.5. The second kappa shape index (κ2) is 7.70. The van der Waals surface area contributed by atoms with E-state index in [9.17, 15) is 19.1 Å². The summed E-state index contributed by atoms with van der Waals surface area (Å²) in [4.78, 5) is 23.7. The van der Waals surface area contributed by atoms with Crippen molar-refractivity contribution in [2.75, 3.05) is 10.6 Å². The van der Waals surface area contributed by atoms with Gasteiger partial charge in [0.25, 0.3) is 5.91 Å². The van der Waals surface area contributed by atoms with Gasteiger partial charge in [0.05, 0.1) is 0 Å². The van der Waals surface area contributed by atoms with E-state index in [1.165, 1.54) is 25.1 Å². The number of hydrogen-bond acceptors (Lipinski definition) is 3. The fourth-order valence-corrected chi connectivity index (χ4v) is 2.68. The molecule has 6 heteroatoms. The lowest BCUT2D eigenvalue weighted by molar-refractivity contribution is -0.114. The molecule has 0 atom stereocenters. The van der Waals surface area contributed by atoms with Crippen molar-refractivity contribution in [3.63, 3.8) is 0 Å². The van der Waals surface area contributed by atoms with Gasteiger partial charge in [0.2, 0.25) is 5.91 Å². The molecule has 0 bridgehead atoms. The zero-order chi connectivity index (χ0) is 19.4. The number of para-hydroxylation sites is 1. The molecule has 0 aliphatic carbocycles. The molecular formula is C21H17FN2O3. The third-order valence-electron chi connectivity index (χ3n) is 3.82. The molecule has 0 spiro atoms. The average molecular weight is 364 g/mol. The first kappa shape index (κ1) is 18.1. The maximum Gasteiger partial charge on any atom is 0.255 e. The van der Waals surface area contributed by atoms with Gasteiger partial charge in [-0.3, -0.25) is 9.59 Å². The van der Waals surface area contributed by atoms with E-state index in [1.807, 2.05) is 0 Å². The van der Waals surface area contributed by atoms with Crippen molar-refractivity contribution in [2.45, 2.75) is 6.92 Å². The number of nitrogens with one attached hydrogen (secondary N) is 2. The maximum atomic E-state index is 14.0. The second-order valence-electron chi connectivity index (χ2n) is 5.96. The first-order valence-corrected chi connectivity index (χ1v) is 8.20. The van der Waals surface area contributed by atoms with E-state index in [0.29, 0.717) is 22.5 Å². The minimum absolute atomic E-state index is 0.00235. The highest BCUT2D eigenvalue weighted by Gasteiger charge is 2.12. The normalized spacial score (nSPS) is 10.3. The van der Waals surface area contributed by atoms with E-state index in [2.05, 4.69) is 10.6 Å². The van der Waals surface area contributed by atoms with Gasteiger partial charge in [-0.25, -0.2) is 4.39 Å². The van der Waals surface area contributed by atoms with Crippen LogP contribution in [0, 0.1) is 5.82 Å². The van der Waals surface area contributed by atoms with Gasteiger partial charge in [-0.05, 0) is 48.0 Å². The Morgan fingerprint density at radius 2 is 1.59 bits per heavy atom. The molecule has 0 radical (unpaired) electrons.